The summed E-state index contributed by atoms with van der Waals surface area (Å²) in [6.45, 7) is 4.92. The van der Waals surface area contributed by atoms with E-state index in [4.69, 9.17) is 10.8 Å². The quantitative estimate of drug-likeness (QED) is 0.615. The summed E-state index contributed by atoms with van der Waals surface area (Å²) in [5.74, 6) is 1.86. The third-order valence-electron chi connectivity index (χ3n) is 4.38. The van der Waals surface area contributed by atoms with Crippen LogP contribution in [0.5, 0.6) is 0 Å². The van der Waals surface area contributed by atoms with E-state index in [0.29, 0.717) is 17.3 Å². The van der Waals surface area contributed by atoms with Crippen molar-refractivity contribution in [1.82, 2.24) is 0 Å². The van der Waals surface area contributed by atoms with Crippen LogP contribution in [-0.2, 0) is 0 Å². The smallest absolute Gasteiger partial charge is 0.0474 e. The molecule has 3 aliphatic carbocycles. The molecule has 2 heteroatoms. The Labute approximate surface area is 74.1 Å². The molecule has 2 nitrogen and oxygen atoms in total. The second kappa shape index (κ2) is 2.46. The number of fused-ring (bicyclic) bond motifs is 2. The van der Waals surface area contributed by atoms with Gasteiger partial charge in [0.1, 0.15) is 0 Å². The normalized spacial score (nSPS) is 50.0. The van der Waals surface area contributed by atoms with Crippen molar-refractivity contribution in [3.63, 3.8) is 0 Å². The zero-order valence-electron chi connectivity index (χ0n) is 7.96. The Hall–Kier alpha value is -0.0800. The molecule has 3 aliphatic rings. The van der Waals surface area contributed by atoms with Crippen LogP contribution >= 0.6 is 0 Å². The monoisotopic (exact) mass is 169 g/mol. The molecule has 0 unspecified atom stereocenters. The second-order valence-corrected chi connectivity index (χ2v) is 5.12. The number of hydrogen-bond donors (Lipinski definition) is 2. The molecule has 3 saturated carbocycles. The maximum absolute atomic E-state index is 9.09. The van der Waals surface area contributed by atoms with Crippen molar-refractivity contribution in [3.8, 4) is 0 Å². The van der Waals surface area contributed by atoms with Crippen molar-refractivity contribution in [2.24, 2.45) is 28.9 Å². The van der Waals surface area contributed by atoms with Crippen LogP contribution in [0, 0.1) is 23.2 Å². The molecule has 3 rings (SSSR count). The van der Waals surface area contributed by atoms with Gasteiger partial charge < -0.3 is 10.8 Å². The fourth-order valence-corrected chi connectivity index (χ4v) is 3.16. The largest absolute Gasteiger partial charge is 0.396 e. The van der Waals surface area contributed by atoms with Gasteiger partial charge in [0.25, 0.3) is 0 Å². The van der Waals surface area contributed by atoms with Crippen LogP contribution < -0.4 is 5.73 Å². The van der Waals surface area contributed by atoms with Gasteiger partial charge in [-0.05, 0) is 36.0 Å². The third-order valence-corrected chi connectivity index (χ3v) is 4.38. The summed E-state index contributed by atoms with van der Waals surface area (Å²) in [6.07, 6.45) is 2.44. The Morgan fingerprint density at radius 1 is 1.42 bits per heavy atom. The predicted molar refractivity (Wildman–Crippen MR) is 48.5 cm³/mol. The molecule has 0 heterocycles. The molecule has 3 N–H and O–H groups in total. The van der Waals surface area contributed by atoms with E-state index >= 15 is 0 Å². The van der Waals surface area contributed by atoms with Crippen molar-refractivity contribution in [2.75, 3.05) is 6.61 Å². The first-order chi connectivity index (χ1) is 5.57. The van der Waals surface area contributed by atoms with Gasteiger partial charge in [0.05, 0.1) is 0 Å². The highest BCUT2D eigenvalue weighted by molar-refractivity contribution is 5.07. The Balaban J connectivity index is 2.11. The zero-order valence-corrected chi connectivity index (χ0v) is 7.96. The summed E-state index contributed by atoms with van der Waals surface area (Å²) in [5, 5.41) is 9.09. The van der Waals surface area contributed by atoms with Crippen molar-refractivity contribution in [2.45, 2.75) is 32.7 Å². The Morgan fingerprint density at radius 3 is 2.50 bits per heavy atom. The number of rotatable bonds is 1. The van der Waals surface area contributed by atoms with Crippen LogP contribution in [0.25, 0.3) is 0 Å². The van der Waals surface area contributed by atoms with E-state index in [1.54, 1.807) is 0 Å². The van der Waals surface area contributed by atoms with Gasteiger partial charge in [0.15, 0.2) is 0 Å². The molecule has 12 heavy (non-hydrogen) atoms. The molecule has 2 bridgehead atoms. The highest BCUT2D eigenvalue weighted by Crippen LogP contribution is 2.59. The molecule has 0 saturated heterocycles. The van der Waals surface area contributed by atoms with Gasteiger partial charge in [-0.1, -0.05) is 13.8 Å². The van der Waals surface area contributed by atoms with E-state index in [2.05, 4.69) is 13.8 Å². The van der Waals surface area contributed by atoms with Crippen LogP contribution in [0.2, 0.25) is 0 Å². The van der Waals surface area contributed by atoms with Gasteiger partial charge in [-0.3, -0.25) is 0 Å². The highest BCUT2D eigenvalue weighted by Gasteiger charge is 2.56. The van der Waals surface area contributed by atoms with Crippen LogP contribution in [-0.4, -0.2) is 17.8 Å². The number of nitrogens with two attached hydrogens (primary N) is 1. The van der Waals surface area contributed by atoms with Gasteiger partial charge in [-0.25, -0.2) is 0 Å². The first-order valence-electron chi connectivity index (χ1n) is 4.93. The van der Waals surface area contributed by atoms with E-state index in [1.165, 1.54) is 6.42 Å². The van der Waals surface area contributed by atoms with E-state index in [-0.39, 0.29) is 12.6 Å². The van der Waals surface area contributed by atoms with Crippen LogP contribution in [0.1, 0.15) is 26.7 Å². The van der Waals surface area contributed by atoms with Gasteiger partial charge in [-0.2, -0.15) is 0 Å². The van der Waals surface area contributed by atoms with Crippen molar-refractivity contribution >= 4 is 0 Å². The summed E-state index contributed by atoms with van der Waals surface area (Å²) in [4.78, 5) is 0. The summed E-state index contributed by atoms with van der Waals surface area (Å²) in [5.41, 5.74) is 6.54. The molecule has 0 aromatic carbocycles. The summed E-state index contributed by atoms with van der Waals surface area (Å²) in [6, 6.07) is 0.245. The Morgan fingerprint density at radius 2 is 2.08 bits per heavy atom. The van der Waals surface area contributed by atoms with Gasteiger partial charge >= 0.3 is 0 Å². The fraction of sp³-hybridized carbons (Fsp3) is 1.00. The lowest BCUT2D eigenvalue weighted by atomic mass is 9.45. The average molecular weight is 169 g/mol. The van der Waals surface area contributed by atoms with Crippen molar-refractivity contribution < 1.29 is 5.11 Å². The molecule has 0 amide bonds. The molecule has 0 aliphatic heterocycles. The van der Waals surface area contributed by atoms with Gasteiger partial charge in [0, 0.05) is 12.6 Å². The number of aliphatic hydroxyl groups is 1. The van der Waals surface area contributed by atoms with Crippen molar-refractivity contribution in [3.05, 3.63) is 0 Å². The molecule has 70 valence electrons. The Bertz CT molecular complexity index is 190. The van der Waals surface area contributed by atoms with Crippen LogP contribution in [0.3, 0.4) is 0 Å². The van der Waals surface area contributed by atoms with E-state index in [1.807, 2.05) is 0 Å². The first kappa shape index (κ1) is 8.52. The third kappa shape index (κ3) is 0.882. The van der Waals surface area contributed by atoms with E-state index in [9.17, 15) is 0 Å². The van der Waals surface area contributed by atoms with Crippen LogP contribution in [0.15, 0.2) is 0 Å². The lowest BCUT2D eigenvalue weighted by Gasteiger charge is -2.61. The van der Waals surface area contributed by atoms with E-state index in [0.717, 1.165) is 12.3 Å². The topological polar surface area (TPSA) is 46.2 Å². The van der Waals surface area contributed by atoms with Gasteiger partial charge in [0.2, 0.25) is 0 Å². The molecule has 0 aromatic rings. The maximum Gasteiger partial charge on any atom is 0.0474 e. The van der Waals surface area contributed by atoms with Gasteiger partial charge in [-0.15, -0.1) is 0 Å². The molecule has 0 radical (unpaired) electrons. The summed E-state index contributed by atoms with van der Waals surface area (Å²) >= 11 is 0. The SMILES string of the molecule is CC1(C)[C@H]2C[C@@H](CO)[C@H](N)[C@H]1C2. The Kier molecular flexibility index (Phi) is 1.74. The standard InChI is InChI=1S/C10H19NO/c1-10(2)7-3-6(5-12)9(11)8(10)4-7/h6-9,12H,3-5,11H2,1-2H3/t6-,7-,8+,9-/m0/s1. The lowest BCUT2D eigenvalue weighted by molar-refractivity contribution is -0.113. The molecule has 4 atom stereocenters. The first-order valence-corrected chi connectivity index (χ1v) is 4.93. The second-order valence-electron chi connectivity index (χ2n) is 5.12. The lowest BCUT2D eigenvalue weighted by Crippen LogP contribution is -2.61. The average Bonchev–Trinajstić information content (AvgIpc) is 2.03. The predicted octanol–water partition coefficient (Wildman–Crippen LogP) is 0.988. The number of hydrogen-bond acceptors (Lipinski definition) is 2. The fourth-order valence-electron chi connectivity index (χ4n) is 3.16. The van der Waals surface area contributed by atoms with Crippen molar-refractivity contribution in [1.29, 1.82) is 0 Å². The zero-order chi connectivity index (χ0) is 8.93. The van der Waals surface area contributed by atoms with E-state index < -0.39 is 0 Å². The molecular formula is C10H19NO. The molecule has 0 aromatic heterocycles. The minimum atomic E-state index is 0.245. The highest BCUT2D eigenvalue weighted by atomic mass is 16.3. The molecule has 3 fully saturated rings. The summed E-state index contributed by atoms with van der Waals surface area (Å²) in [7, 11) is 0. The summed E-state index contributed by atoms with van der Waals surface area (Å²) < 4.78 is 0. The van der Waals surface area contributed by atoms with Crippen LogP contribution in [0.4, 0.5) is 0 Å². The minimum Gasteiger partial charge on any atom is -0.396 e. The number of aliphatic hydroxyl groups excluding tert-OH is 1. The maximum atomic E-state index is 9.09. The molecular weight excluding hydrogens is 150 g/mol. The minimum absolute atomic E-state index is 0.245. The molecule has 0 spiro atoms.